The average Bonchev–Trinajstić information content (AvgIpc) is 3.24. The fourth-order valence-corrected chi connectivity index (χ4v) is 3.83. The highest BCUT2D eigenvalue weighted by Gasteiger charge is 2.43. The summed E-state index contributed by atoms with van der Waals surface area (Å²) in [4.78, 5) is 42.3. The maximum absolute atomic E-state index is 12.3. The first-order valence-electron chi connectivity index (χ1n) is 10.2. The summed E-state index contributed by atoms with van der Waals surface area (Å²) in [5.74, 6) is 1.20. The largest absolute Gasteiger partial charge is 0.444 e. The third-order valence-electron chi connectivity index (χ3n) is 5.36. The van der Waals surface area contributed by atoms with Crippen molar-refractivity contribution in [1.29, 1.82) is 0 Å². The lowest BCUT2D eigenvalue weighted by Gasteiger charge is -2.26. The molecule has 2 atom stereocenters. The molecule has 3 rings (SSSR count). The number of likely N-dealkylation sites (tertiary alicyclic amines) is 2. The maximum atomic E-state index is 12.3. The molecule has 0 saturated carbocycles. The summed E-state index contributed by atoms with van der Waals surface area (Å²) in [6.07, 6.45) is -0.989. The third kappa shape index (κ3) is 5.93. The summed E-state index contributed by atoms with van der Waals surface area (Å²) >= 11 is 0. The van der Waals surface area contributed by atoms with E-state index in [1.54, 1.807) is 24.0 Å². The van der Waals surface area contributed by atoms with Crippen molar-refractivity contribution in [1.82, 2.24) is 9.80 Å². The number of nitro benzene ring substituents is 1. The first-order valence-corrected chi connectivity index (χ1v) is 10.2. The van der Waals surface area contributed by atoms with E-state index in [-0.39, 0.29) is 18.4 Å². The van der Waals surface area contributed by atoms with Crippen LogP contribution in [0.3, 0.4) is 0 Å². The molecule has 2 heterocycles. The number of carbonyl (C=O) groups excluding carboxylic acids is 2. The third-order valence-corrected chi connectivity index (χ3v) is 5.36. The van der Waals surface area contributed by atoms with Crippen LogP contribution in [0.5, 0.6) is 0 Å². The minimum absolute atomic E-state index is 0.0102. The van der Waals surface area contributed by atoms with Crippen LogP contribution in [0.1, 0.15) is 33.3 Å². The Hall–Kier alpha value is -3.17. The van der Waals surface area contributed by atoms with Crippen LogP contribution in [-0.2, 0) is 16.1 Å². The van der Waals surface area contributed by atoms with E-state index in [0.29, 0.717) is 36.3 Å². The van der Waals surface area contributed by atoms with Crippen molar-refractivity contribution in [2.24, 2.45) is 16.8 Å². The van der Waals surface area contributed by atoms with Crippen LogP contribution >= 0.6 is 0 Å². The molecule has 0 bridgehead atoms. The Bertz CT molecular complexity index is 863. The highest BCUT2D eigenvalue weighted by molar-refractivity contribution is 5.90. The molecule has 168 valence electrons. The second-order valence-electron chi connectivity index (χ2n) is 8.95. The van der Waals surface area contributed by atoms with E-state index in [2.05, 4.69) is 4.99 Å². The van der Waals surface area contributed by atoms with Crippen LogP contribution in [0.2, 0.25) is 0 Å². The lowest BCUT2D eigenvalue weighted by atomic mass is 10.0. The number of rotatable bonds is 3. The van der Waals surface area contributed by atoms with Gasteiger partial charge in [0, 0.05) is 50.1 Å². The molecule has 31 heavy (non-hydrogen) atoms. The summed E-state index contributed by atoms with van der Waals surface area (Å²) in [5.41, 5.74) is 0.109. The molecule has 2 amide bonds. The van der Waals surface area contributed by atoms with Gasteiger partial charge in [0.1, 0.15) is 18.0 Å². The van der Waals surface area contributed by atoms with Gasteiger partial charge < -0.3 is 19.3 Å². The maximum Gasteiger partial charge on any atom is 0.435 e. The van der Waals surface area contributed by atoms with Crippen LogP contribution < -0.4 is 0 Å². The Morgan fingerprint density at radius 2 is 1.65 bits per heavy atom. The van der Waals surface area contributed by atoms with Crippen molar-refractivity contribution in [3.8, 4) is 0 Å². The van der Waals surface area contributed by atoms with Gasteiger partial charge in [-0.15, -0.1) is 0 Å². The van der Waals surface area contributed by atoms with Gasteiger partial charge in [0.15, 0.2) is 0 Å². The molecule has 0 spiro atoms. The lowest BCUT2D eigenvalue weighted by Crippen LogP contribution is -2.38. The number of non-ortho nitro benzene ring substituents is 1. The Labute approximate surface area is 181 Å². The molecule has 2 fully saturated rings. The molecule has 10 heteroatoms. The number of benzene rings is 1. The van der Waals surface area contributed by atoms with E-state index in [1.807, 2.05) is 25.7 Å². The standard InChI is InChI=1S/C21H28N4O6/c1-14(22-19(26)30-13-15-5-7-18(8-6-15)25(28)29)23-9-16-11-24(12-17(16)10-23)20(27)31-21(2,3)4/h5-8,16-17H,9-13H2,1-4H3. The topological polar surface area (TPSA) is 115 Å². The van der Waals surface area contributed by atoms with E-state index in [9.17, 15) is 19.7 Å². The molecular formula is C21H28N4O6. The zero-order valence-electron chi connectivity index (χ0n) is 18.2. The van der Waals surface area contributed by atoms with E-state index in [1.165, 1.54) is 12.1 Å². The van der Waals surface area contributed by atoms with Crippen LogP contribution in [0.15, 0.2) is 29.3 Å². The van der Waals surface area contributed by atoms with Crippen LogP contribution in [0.4, 0.5) is 15.3 Å². The van der Waals surface area contributed by atoms with E-state index in [0.717, 1.165) is 13.1 Å². The molecule has 1 aromatic rings. The van der Waals surface area contributed by atoms with Gasteiger partial charge in [0.25, 0.3) is 5.69 Å². The number of fused-ring (bicyclic) bond motifs is 1. The van der Waals surface area contributed by atoms with E-state index in [4.69, 9.17) is 9.47 Å². The summed E-state index contributed by atoms with van der Waals surface area (Å²) < 4.78 is 10.6. The van der Waals surface area contributed by atoms with Crippen LogP contribution in [0.25, 0.3) is 0 Å². The SMILES string of the molecule is CC(=NC(=O)OCc1ccc([N+](=O)[O-])cc1)N1CC2CN(C(=O)OC(C)(C)C)CC2C1. The molecule has 1 aromatic carbocycles. The summed E-state index contributed by atoms with van der Waals surface area (Å²) in [7, 11) is 0. The summed E-state index contributed by atoms with van der Waals surface area (Å²) in [5, 5.41) is 10.7. The normalized spacial score (nSPS) is 21.1. The number of carbonyl (C=O) groups is 2. The second kappa shape index (κ2) is 8.91. The van der Waals surface area contributed by atoms with Crippen LogP contribution in [0, 0.1) is 22.0 Å². The summed E-state index contributed by atoms with van der Waals surface area (Å²) in [6, 6.07) is 5.81. The number of nitro groups is 1. The average molecular weight is 432 g/mol. The zero-order valence-corrected chi connectivity index (χ0v) is 18.2. The van der Waals surface area contributed by atoms with Gasteiger partial charge in [-0.3, -0.25) is 10.1 Å². The molecule has 2 aliphatic heterocycles. The number of aliphatic imine (C=N–C) groups is 1. The van der Waals surface area contributed by atoms with Crippen molar-refractivity contribution in [3.63, 3.8) is 0 Å². The first kappa shape index (κ1) is 22.5. The van der Waals surface area contributed by atoms with E-state index >= 15 is 0 Å². The highest BCUT2D eigenvalue weighted by atomic mass is 16.6. The van der Waals surface area contributed by atoms with Crippen molar-refractivity contribution < 1.29 is 24.0 Å². The molecule has 0 aromatic heterocycles. The minimum Gasteiger partial charge on any atom is -0.444 e. The number of amidine groups is 1. The number of nitrogens with zero attached hydrogens (tertiary/aromatic N) is 4. The van der Waals surface area contributed by atoms with Gasteiger partial charge in [-0.1, -0.05) is 0 Å². The number of amides is 2. The van der Waals surface area contributed by atoms with Crippen molar-refractivity contribution >= 4 is 23.7 Å². The quantitative estimate of drug-likeness (QED) is 0.311. The molecule has 2 unspecified atom stereocenters. The van der Waals surface area contributed by atoms with Gasteiger partial charge in [0.05, 0.1) is 4.92 Å². The van der Waals surface area contributed by atoms with E-state index < -0.39 is 16.6 Å². The monoisotopic (exact) mass is 432 g/mol. The zero-order chi connectivity index (χ0) is 22.8. The fourth-order valence-electron chi connectivity index (χ4n) is 3.83. The first-order chi connectivity index (χ1) is 14.5. The molecule has 2 saturated heterocycles. The fraction of sp³-hybridized carbons (Fsp3) is 0.571. The Balaban J connectivity index is 1.47. The number of hydrogen-bond acceptors (Lipinski definition) is 6. The number of hydrogen-bond donors (Lipinski definition) is 0. The Morgan fingerprint density at radius 3 is 2.16 bits per heavy atom. The predicted molar refractivity (Wildman–Crippen MR) is 113 cm³/mol. The molecule has 2 aliphatic rings. The number of ether oxygens (including phenoxy) is 2. The van der Waals surface area contributed by atoms with Crippen molar-refractivity contribution in [2.45, 2.75) is 39.9 Å². The molecule has 10 nitrogen and oxygen atoms in total. The van der Waals surface area contributed by atoms with Gasteiger partial charge in [0.2, 0.25) is 0 Å². The van der Waals surface area contributed by atoms with Gasteiger partial charge in [-0.2, -0.15) is 4.99 Å². The molecule has 0 N–H and O–H groups in total. The smallest absolute Gasteiger partial charge is 0.435 e. The Kier molecular flexibility index (Phi) is 6.47. The van der Waals surface area contributed by atoms with Crippen molar-refractivity contribution in [2.75, 3.05) is 26.2 Å². The van der Waals surface area contributed by atoms with Gasteiger partial charge in [-0.05, 0) is 45.4 Å². The lowest BCUT2D eigenvalue weighted by molar-refractivity contribution is -0.384. The second-order valence-corrected chi connectivity index (χ2v) is 8.95. The van der Waals surface area contributed by atoms with Gasteiger partial charge >= 0.3 is 12.2 Å². The molecular weight excluding hydrogens is 404 g/mol. The van der Waals surface area contributed by atoms with Crippen molar-refractivity contribution in [3.05, 3.63) is 39.9 Å². The summed E-state index contributed by atoms with van der Waals surface area (Å²) in [6.45, 7) is 10.0. The van der Waals surface area contributed by atoms with Gasteiger partial charge in [-0.25, -0.2) is 9.59 Å². The highest BCUT2D eigenvalue weighted by Crippen LogP contribution is 2.32. The molecule has 0 radical (unpaired) electrons. The predicted octanol–water partition coefficient (Wildman–Crippen LogP) is 3.45. The van der Waals surface area contributed by atoms with Crippen LogP contribution in [-0.4, -0.2) is 64.5 Å². The molecule has 0 aliphatic carbocycles. The Morgan fingerprint density at radius 1 is 1.10 bits per heavy atom. The minimum atomic E-state index is -0.705.